The number of aromatic nitrogens is 1. The number of nitro benzene ring substituents is 1. The Bertz CT molecular complexity index is 603. The van der Waals surface area contributed by atoms with E-state index in [9.17, 15) is 14.9 Å². The first-order valence-electron chi connectivity index (χ1n) is 4.99. The standard InChI is InChI=1S/C11H10N2O4/c1-7(11(14)15)12-6-5-8-9(12)3-2-4-10(8)13(16)17/h2-7H,1H3,(H,14,15). The van der Waals surface area contributed by atoms with E-state index in [1.54, 1.807) is 24.4 Å². The lowest BCUT2D eigenvalue weighted by atomic mass is 10.2. The molecular formula is C11H10N2O4. The van der Waals surface area contributed by atoms with E-state index in [-0.39, 0.29) is 5.69 Å². The lowest BCUT2D eigenvalue weighted by molar-refractivity contribution is -0.383. The van der Waals surface area contributed by atoms with Crippen molar-refractivity contribution < 1.29 is 14.8 Å². The van der Waals surface area contributed by atoms with E-state index in [1.807, 2.05) is 0 Å². The predicted octanol–water partition coefficient (Wildman–Crippen LogP) is 2.20. The number of rotatable bonds is 3. The van der Waals surface area contributed by atoms with Crippen molar-refractivity contribution in [2.75, 3.05) is 0 Å². The zero-order valence-corrected chi connectivity index (χ0v) is 9.03. The number of carbonyl (C=O) groups is 1. The van der Waals surface area contributed by atoms with Gasteiger partial charge in [-0.25, -0.2) is 4.79 Å². The second kappa shape index (κ2) is 3.89. The van der Waals surface area contributed by atoms with Gasteiger partial charge in [0.25, 0.3) is 5.69 Å². The van der Waals surface area contributed by atoms with E-state index < -0.39 is 16.9 Å². The molecule has 0 aliphatic carbocycles. The minimum Gasteiger partial charge on any atom is -0.480 e. The van der Waals surface area contributed by atoms with Gasteiger partial charge in [-0.2, -0.15) is 0 Å². The van der Waals surface area contributed by atoms with Gasteiger partial charge in [0.2, 0.25) is 0 Å². The lowest BCUT2D eigenvalue weighted by Crippen LogP contribution is -2.14. The first-order chi connectivity index (χ1) is 8.02. The van der Waals surface area contributed by atoms with Crippen molar-refractivity contribution in [2.45, 2.75) is 13.0 Å². The molecule has 1 heterocycles. The second-order valence-corrected chi connectivity index (χ2v) is 3.70. The zero-order chi connectivity index (χ0) is 12.6. The summed E-state index contributed by atoms with van der Waals surface area (Å²) in [7, 11) is 0. The minimum absolute atomic E-state index is 0.0150. The molecule has 0 spiro atoms. The summed E-state index contributed by atoms with van der Waals surface area (Å²) in [6.45, 7) is 1.53. The molecule has 17 heavy (non-hydrogen) atoms. The summed E-state index contributed by atoms with van der Waals surface area (Å²) in [5.41, 5.74) is 0.535. The zero-order valence-electron chi connectivity index (χ0n) is 9.03. The molecule has 0 fully saturated rings. The number of nitrogens with zero attached hydrogens (tertiary/aromatic N) is 2. The Morgan fingerprint density at radius 1 is 1.47 bits per heavy atom. The molecule has 0 amide bonds. The summed E-state index contributed by atoms with van der Waals surface area (Å²) in [4.78, 5) is 21.2. The summed E-state index contributed by atoms with van der Waals surface area (Å²) in [5, 5.41) is 20.2. The van der Waals surface area contributed by atoms with Crippen LogP contribution in [0.5, 0.6) is 0 Å². The van der Waals surface area contributed by atoms with Crippen LogP contribution in [0.2, 0.25) is 0 Å². The van der Waals surface area contributed by atoms with Gasteiger partial charge in [0, 0.05) is 12.3 Å². The molecule has 0 aliphatic rings. The highest BCUT2D eigenvalue weighted by Gasteiger charge is 2.19. The highest BCUT2D eigenvalue weighted by molar-refractivity contribution is 5.90. The van der Waals surface area contributed by atoms with Gasteiger partial charge < -0.3 is 9.67 Å². The summed E-state index contributed by atoms with van der Waals surface area (Å²) < 4.78 is 1.50. The maximum atomic E-state index is 10.9. The van der Waals surface area contributed by atoms with Crippen molar-refractivity contribution in [3.05, 3.63) is 40.6 Å². The van der Waals surface area contributed by atoms with E-state index in [4.69, 9.17) is 5.11 Å². The van der Waals surface area contributed by atoms with Crippen LogP contribution in [0.1, 0.15) is 13.0 Å². The minimum atomic E-state index is -0.978. The van der Waals surface area contributed by atoms with Crippen LogP contribution in [0.25, 0.3) is 10.9 Å². The van der Waals surface area contributed by atoms with Gasteiger partial charge in [0.15, 0.2) is 0 Å². The molecule has 88 valence electrons. The fraction of sp³-hybridized carbons (Fsp3) is 0.182. The van der Waals surface area contributed by atoms with Crippen molar-refractivity contribution >= 4 is 22.6 Å². The van der Waals surface area contributed by atoms with Gasteiger partial charge in [0.05, 0.1) is 15.8 Å². The van der Waals surface area contributed by atoms with Gasteiger partial charge >= 0.3 is 5.97 Å². The lowest BCUT2D eigenvalue weighted by Gasteiger charge is -2.09. The van der Waals surface area contributed by atoms with Crippen LogP contribution in [-0.4, -0.2) is 20.6 Å². The Morgan fingerprint density at radius 3 is 2.76 bits per heavy atom. The summed E-state index contributed by atoms with van der Waals surface area (Å²) in [6, 6.07) is 5.42. The number of nitro groups is 1. The molecule has 0 aliphatic heterocycles. The molecular weight excluding hydrogens is 224 g/mol. The van der Waals surface area contributed by atoms with Gasteiger partial charge in [-0.3, -0.25) is 10.1 Å². The molecule has 2 rings (SSSR count). The second-order valence-electron chi connectivity index (χ2n) is 3.70. The maximum absolute atomic E-state index is 10.9. The topological polar surface area (TPSA) is 85.4 Å². The number of fused-ring (bicyclic) bond motifs is 1. The highest BCUT2D eigenvalue weighted by Crippen LogP contribution is 2.28. The van der Waals surface area contributed by atoms with Gasteiger partial charge in [0.1, 0.15) is 6.04 Å². The molecule has 1 unspecified atom stereocenters. The van der Waals surface area contributed by atoms with E-state index in [0.717, 1.165) is 0 Å². The Labute approximate surface area is 96.2 Å². The third-order valence-electron chi connectivity index (χ3n) is 2.71. The van der Waals surface area contributed by atoms with Crippen LogP contribution in [0.15, 0.2) is 30.5 Å². The fourth-order valence-electron chi connectivity index (χ4n) is 1.79. The Hall–Kier alpha value is -2.37. The number of hydrogen-bond acceptors (Lipinski definition) is 3. The molecule has 2 aromatic rings. The number of non-ortho nitro benzene ring substituents is 1. The fourth-order valence-corrected chi connectivity index (χ4v) is 1.79. The number of carboxylic acids is 1. The molecule has 0 radical (unpaired) electrons. The monoisotopic (exact) mass is 234 g/mol. The first-order valence-corrected chi connectivity index (χ1v) is 4.99. The Balaban J connectivity index is 2.66. The maximum Gasteiger partial charge on any atom is 0.326 e. The third kappa shape index (κ3) is 1.73. The van der Waals surface area contributed by atoms with Gasteiger partial charge in [-0.05, 0) is 19.1 Å². The molecule has 6 nitrogen and oxygen atoms in total. The first kappa shape index (κ1) is 11.1. The average molecular weight is 234 g/mol. The molecule has 0 saturated heterocycles. The molecule has 6 heteroatoms. The Morgan fingerprint density at radius 2 is 2.18 bits per heavy atom. The van der Waals surface area contributed by atoms with Crippen LogP contribution >= 0.6 is 0 Å². The number of carboxylic acid groups (broad SMARTS) is 1. The van der Waals surface area contributed by atoms with Crippen LogP contribution in [0, 0.1) is 10.1 Å². The molecule has 1 N–H and O–H groups in total. The van der Waals surface area contributed by atoms with Crippen molar-refractivity contribution in [1.29, 1.82) is 0 Å². The van der Waals surface area contributed by atoms with Crippen molar-refractivity contribution in [1.82, 2.24) is 4.57 Å². The Kier molecular flexibility index (Phi) is 2.55. The molecule has 1 aromatic heterocycles. The van der Waals surface area contributed by atoms with Crippen molar-refractivity contribution in [2.24, 2.45) is 0 Å². The van der Waals surface area contributed by atoms with Crippen molar-refractivity contribution in [3.8, 4) is 0 Å². The van der Waals surface area contributed by atoms with E-state index >= 15 is 0 Å². The quantitative estimate of drug-likeness (QED) is 0.651. The SMILES string of the molecule is CC(C(=O)O)n1ccc2c([N+](=O)[O-])cccc21. The van der Waals surface area contributed by atoms with E-state index in [2.05, 4.69) is 0 Å². The smallest absolute Gasteiger partial charge is 0.326 e. The van der Waals surface area contributed by atoms with Crippen LogP contribution in [0.3, 0.4) is 0 Å². The van der Waals surface area contributed by atoms with Gasteiger partial charge in [-0.15, -0.1) is 0 Å². The number of benzene rings is 1. The average Bonchev–Trinajstić information content (AvgIpc) is 2.70. The van der Waals surface area contributed by atoms with E-state index in [1.165, 1.54) is 17.6 Å². The van der Waals surface area contributed by atoms with Crippen LogP contribution in [0.4, 0.5) is 5.69 Å². The molecule has 1 aromatic carbocycles. The summed E-state index contributed by atoms with van der Waals surface area (Å²) in [5.74, 6) is -0.978. The van der Waals surface area contributed by atoms with Crippen LogP contribution in [-0.2, 0) is 4.79 Å². The molecule has 0 saturated carbocycles. The highest BCUT2D eigenvalue weighted by atomic mass is 16.6. The number of hydrogen-bond donors (Lipinski definition) is 1. The molecule has 0 bridgehead atoms. The summed E-state index contributed by atoms with van der Waals surface area (Å²) in [6.07, 6.45) is 1.55. The number of aliphatic carboxylic acids is 1. The van der Waals surface area contributed by atoms with Crippen LogP contribution < -0.4 is 0 Å². The summed E-state index contributed by atoms with van der Waals surface area (Å²) >= 11 is 0. The van der Waals surface area contributed by atoms with Gasteiger partial charge in [-0.1, -0.05) is 6.07 Å². The molecule has 1 atom stereocenters. The van der Waals surface area contributed by atoms with E-state index in [0.29, 0.717) is 10.9 Å². The normalized spacial score (nSPS) is 12.5. The third-order valence-corrected chi connectivity index (χ3v) is 2.71. The predicted molar refractivity (Wildman–Crippen MR) is 60.9 cm³/mol. The van der Waals surface area contributed by atoms with Crippen molar-refractivity contribution in [3.63, 3.8) is 0 Å². The largest absolute Gasteiger partial charge is 0.480 e.